The van der Waals surface area contributed by atoms with Crippen molar-refractivity contribution in [3.63, 3.8) is 0 Å². The molecule has 3 aromatic rings. The second-order valence-corrected chi connectivity index (χ2v) is 6.32. The number of hydrogen-bond acceptors (Lipinski definition) is 6. The highest BCUT2D eigenvalue weighted by molar-refractivity contribution is 5.92. The number of methoxy groups -OCH3 is 2. The van der Waals surface area contributed by atoms with E-state index in [1.165, 1.54) is 0 Å². The fourth-order valence-electron chi connectivity index (χ4n) is 3.05. The van der Waals surface area contributed by atoms with E-state index in [9.17, 15) is 4.79 Å². The molecule has 29 heavy (non-hydrogen) atoms. The third kappa shape index (κ3) is 4.90. The topological polar surface area (TPSA) is 69.9 Å². The van der Waals surface area contributed by atoms with Crippen LogP contribution in [0.4, 0.5) is 5.69 Å². The molecule has 0 spiro atoms. The minimum atomic E-state index is -0.350. The summed E-state index contributed by atoms with van der Waals surface area (Å²) in [6.45, 7) is 2.82. The lowest BCUT2D eigenvalue weighted by Crippen LogP contribution is -2.08. The number of rotatable bonds is 9. The van der Waals surface area contributed by atoms with Gasteiger partial charge >= 0.3 is 5.97 Å². The molecule has 0 aliphatic carbocycles. The Hall–Kier alpha value is -3.41. The van der Waals surface area contributed by atoms with Crippen molar-refractivity contribution in [1.29, 1.82) is 0 Å². The average Bonchev–Trinajstić information content (AvgIpc) is 3.28. The van der Waals surface area contributed by atoms with Gasteiger partial charge in [0.15, 0.2) is 11.5 Å². The molecule has 0 fully saturated rings. The van der Waals surface area contributed by atoms with Gasteiger partial charge < -0.3 is 23.9 Å². The summed E-state index contributed by atoms with van der Waals surface area (Å²) in [5.41, 5.74) is 3.31. The first kappa shape index (κ1) is 20.3. The van der Waals surface area contributed by atoms with Crippen LogP contribution in [0, 0.1) is 0 Å². The SMILES string of the molecule is CCOC(=O)c1ccc(NCCc2ccc(OC)c(OC)c2)c(-c2ccco2)c1. The Kier molecular flexibility index (Phi) is 6.79. The molecular weight excluding hydrogens is 370 g/mol. The molecule has 0 unspecified atom stereocenters. The molecule has 1 aromatic heterocycles. The zero-order chi connectivity index (χ0) is 20.6. The number of carbonyl (C=O) groups excluding carboxylic acids is 1. The molecule has 3 rings (SSSR count). The summed E-state index contributed by atoms with van der Waals surface area (Å²) in [6.07, 6.45) is 2.40. The number of ether oxygens (including phenoxy) is 3. The first-order valence-corrected chi connectivity index (χ1v) is 9.46. The molecule has 6 heteroatoms. The van der Waals surface area contributed by atoms with Crippen molar-refractivity contribution in [1.82, 2.24) is 0 Å². The van der Waals surface area contributed by atoms with Gasteiger partial charge in [0, 0.05) is 17.8 Å². The van der Waals surface area contributed by atoms with E-state index in [1.807, 2.05) is 36.4 Å². The number of furan rings is 1. The van der Waals surface area contributed by atoms with Crippen molar-refractivity contribution in [3.8, 4) is 22.8 Å². The van der Waals surface area contributed by atoms with Gasteiger partial charge in [0.05, 0.1) is 32.7 Å². The van der Waals surface area contributed by atoms with E-state index in [-0.39, 0.29) is 5.97 Å². The van der Waals surface area contributed by atoms with Crippen LogP contribution in [0.15, 0.2) is 59.2 Å². The predicted molar refractivity (Wildman–Crippen MR) is 112 cm³/mol. The van der Waals surface area contributed by atoms with Gasteiger partial charge in [0.25, 0.3) is 0 Å². The van der Waals surface area contributed by atoms with Crippen LogP contribution in [0.5, 0.6) is 11.5 Å². The zero-order valence-corrected chi connectivity index (χ0v) is 16.9. The fourth-order valence-corrected chi connectivity index (χ4v) is 3.05. The van der Waals surface area contributed by atoms with Crippen molar-refractivity contribution in [2.75, 3.05) is 32.7 Å². The number of nitrogens with one attached hydrogen (secondary N) is 1. The molecule has 0 bridgehead atoms. The molecule has 0 aliphatic rings. The lowest BCUT2D eigenvalue weighted by Gasteiger charge is -2.13. The second-order valence-electron chi connectivity index (χ2n) is 6.32. The van der Waals surface area contributed by atoms with E-state index in [0.29, 0.717) is 36.0 Å². The van der Waals surface area contributed by atoms with E-state index in [1.54, 1.807) is 39.5 Å². The minimum absolute atomic E-state index is 0.334. The maximum absolute atomic E-state index is 12.1. The summed E-state index contributed by atoms with van der Waals surface area (Å²) < 4.78 is 21.3. The highest BCUT2D eigenvalue weighted by Gasteiger charge is 2.14. The zero-order valence-electron chi connectivity index (χ0n) is 16.9. The average molecular weight is 395 g/mol. The van der Waals surface area contributed by atoms with Gasteiger partial charge in [-0.15, -0.1) is 0 Å². The second kappa shape index (κ2) is 9.68. The van der Waals surface area contributed by atoms with Gasteiger partial charge in [-0.3, -0.25) is 0 Å². The number of benzene rings is 2. The first-order chi connectivity index (χ1) is 14.2. The Morgan fingerprint density at radius 2 is 1.86 bits per heavy atom. The van der Waals surface area contributed by atoms with Crippen molar-refractivity contribution in [2.45, 2.75) is 13.3 Å². The molecule has 6 nitrogen and oxygen atoms in total. The largest absolute Gasteiger partial charge is 0.493 e. The third-order valence-corrected chi connectivity index (χ3v) is 4.49. The lowest BCUT2D eigenvalue weighted by atomic mass is 10.1. The Labute approximate surface area is 170 Å². The summed E-state index contributed by atoms with van der Waals surface area (Å²) in [6, 6.07) is 15.0. The van der Waals surface area contributed by atoms with Crippen molar-refractivity contribution in [3.05, 3.63) is 65.9 Å². The van der Waals surface area contributed by atoms with Crippen LogP contribution in [-0.4, -0.2) is 33.3 Å². The Bertz CT molecular complexity index is 950. The molecule has 152 valence electrons. The molecule has 1 heterocycles. The summed E-state index contributed by atoms with van der Waals surface area (Å²) in [7, 11) is 3.25. The van der Waals surface area contributed by atoms with Crippen LogP contribution in [0.2, 0.25) is 0 Å². The number of anilines is 1. The first-order valence-electron chi connectivity index (χ1n) is 9.46. The summed E-state index contributed by atoms with van der Waals surface area (Å²) >= 11 is 0. The monoisotopic (exact) mass is 395 g/mol. The molecule has 0 saturated heterocycles. The highest BCUT2D eigenvalue weighted by Crippen LogP contribution is 2.31. The van der Waals surface area contributed by atoms with Crippen molar-refractivity contribution in [2.24, 2.45) is 0 Å². The van der Waals surface area contributed by atoms with E-state index in [2.05, 4.69) is 5.32 Å². The van der Waals surface area contributed by atoms with Gasteiger partial charge in [0.1, 0.15) is 5.76 Å². The molecule has 0 saturated carbocycles. The van der Waals surface area contributed by atoms with E-state index in [0.717, 1.165) is 23.2 Å². The summed E-state index contributed by atoms with van der Waals surface area (Å²) in [4.78, 5) is 12.1. The molecule has 1 N–H and O–H groups in total. The Morgan fingerprint density at radius 3 is 2.55 bits per heavy atom. The Morgan fingerprint density at radius 1 is 1.03 bits per heavy atom. The molecule has 2 aromatic carbocycles. The fraction of sp³-hybridized carbons (Fsp3) is 0.261. The maximum Gasteiger partial charge on any atom is 0.338 e. The van der Waals surface area contributed by atoms with Crippen LogP contribution >= 0.6 is 0 Å². The smallest absolute Gasteiger partial charge is 0.338 e. The lowest BCUT2D eigenvalue weighted by molar-refractivity contribution is 0.0526. The van der Waals surface area contributed by atoms with Gasteiger partial charge in [-0.25, -0.2) is 4.79 Å². The molecule has 0 aliphatic heterocycles. The van der Waals surface area contributed by atoms with Crippen molar-refractivity contribution >= 4 is 11.7 Å². The number of carbonyl (C=O) groups is 1. The normalized spacial score (nSPS) is 10.4. The van der Waals surface area contributed by atoms with Gasteiger partial charge in [-0.05, 0) is 61.4 Å². The minimum Gasteiger partial charge on any atom is -0.493 e. The molecule has 0 amide bonds. The molecule has 0 atom stereocenters. The van der Waals surface area contributed by atoms with E-state index < -0.39 is 0 Å². The number of hydrogen-bond donors (Lipinski definition) is 1. The van der Waals surface area contributed by atoms with Crippen LogP contribution in [0.3, 0.4) is 0 Å². The number of esters is 1. The third-order valence-electron chi connectivity index (χ3n) is 4.49. The van der Waals surface area contributed by atoms with Gasteiger partial charge in [-0.1, -0.05) is 6.07 Å². The van der Waals surface area contributed by atoms with Crippen LogP contribution in [0.25, 0.3) is 11.3 Å². The standard InChI is InChI=1S/C23H25NO5/c1-4-28-23(25)17-8-9-19(18(15-17)20-6-5-13-29-20)24-12-11-16-7-10-21(26-2)22(14-16)27-3/h5-10,13-15,24H,4,11-12H2,1-3H3. The predicted octanol–water partition coefficient (Wildman–Crippen LogP) is 4.80. The van der Waals surface area contributed by atoms with Crippen molar-refractivity contribution < 1.29 is 23.4 Å². The maximum atomic E-state index is 12.1. The van der Waals surface area contributed by atoms with Gasteiger partial charge in [0.2, 0.25) is 0 Å². The molecule has 0 radical (unpaired) electrons. The van der Waals surface area contributed by atoms with E-state index in [4.69, 9.17) is 18.6 Å². The van der Waals surface area contributed by atoms with Crippen LogP contribution in [-0.2, 0) is 11.2 Å². The highest BCUT2D eigenvalue weighted by atomic mass is 16.5. The Balaban J connectivity index is 1.76. The van der Waals surface area contributed by atoms with Gasteiger partial charge in [-0.2, -0.15) is 0 Å². The van der Waals surface area contributed by atoms with Crippen LogP contribution < -0.4 is 14.8 Å². The quantitative estimate of drug-likeness (QED) is 0.525. The van der Waals surface area contributed by atoms with Crippen LogP contribution in [0.1, 0.15) is 22.8 Å². The van der Waals surface area contributed by atoms with E-state index >= 15 is 0 Å². The summed E-state index contributed by atoms with van der Waals surface area (Å²) in [5, 5.41) is 3.43. The molecular formula is C23H25NO5. The summed E-state index contributed by atoms with van der Waals surface area (Å²) in [5.74, 6) is 1.75.